The molecule has 1 aromatic rings. The summed E-state index contributed by atoms with van der Waals surface area (Å²) < 4.78 is 28.1. The number of rotatable bonds is 3. The van der Waals surface area contributed by atoms with Crippen LogP contribution < -0.4 is 5.32 Å². The van der Waals surface area contributed by atoms with Crippen molar-refractivity contribution < 1.29 is 13.6 Å². The molecule has 0 spiro atoms. The molecule has 6 heteroatoms. The molecule has 0 unspecified atom stereocenters. The summed E-state index contributed by atoms with van der Waals surface area (Å²) in [5, 5.41) is 7.41. The van der Waals surface area contributed by atoms with Crippen molar-refractivity contribution in [2.45, 2.75) is 71.8 Å². The average Bonchev–Trinajstić information content (AvgIpc) is 2.62. The number of halogens is 2. The first-order valence-electron chi connectivity index (χ1n) is 7.84. The lowest BCUT2D eigenvalue weighted by atomic mass is 9.78. The molecule has 0 bridgehead atoms. The highest BCUT2D eigenvalue weighted by Crippen LogP contribution is 2.49. The van der Waals surface area contributed by atoms with Crippen LogP contribution in [-0.4, -0.2) is 21.6 Å². The van der Waals surface area contributed by atoms with Gasteiger partial charge in [-0.05, 0) is 41.5 Å². The lowest BCUT2D eigenvalue weighted by molar-refractivity contribution is -0.112. The minimum absolute atomic E-state index is 0.170. The van der Waals surface area contributed by atoms with Crippen LogP contribution in [0.4, 0.5) is 14.6 Å². The Labute approximate surface area is 135 Å². The Hall–Kier alpha value is -1.72. The van der Waals surface area contributed by atoms with Crippen molar-refractivity contribution in [2.75, 3.05) is 5.32 Å². The van der Waals surface area contributed by atoms with Gasteiger partial charge in [0.2, 0.25) is 11.8 Å². The summed E-state index contributed by atoms with van der Waals surface area (Å²) in [6, 6.07) is 0. The fraction of sp³-hybridized carbons (Fsp3) is 0.647. The number of allylic oxidation sites excluding steroid dienone is 1. The largest absolute Gasteiger partial charge is 0.307 e. The molecule has 0 radical (unpaired) electrons. The highest BCUT2D eigenvalue weighted by atomic mass is 19.3. The maximum atomic E-state index is 13.2. The van der Waals surface area contributed by atoms with E-state index >= 15 is 0 Å². The van der Waals surface area contributed by atoms with Crippen LogP contribution in [0.1, 0.15) is 64.6 Å². The van der Waals surface area contributed by atoms with Crippen LogP contribution >= 0.6 is 0 Å². The van der Waals surface area contributed by atoms with Crippen molar-refractivity contribution in [3.8, 4) is 0 Å². The van der Waals surface area contributed by atoms with Gasteiger partial charge in [-0.25, -0.2) is 13.5 Å². The smallest absolute Gasteiger partial charge is 0.249 e. The summed E-state index contributed by atoms with van der Waals surface area (Å²) >= 11 is 0. The number of nitrogens with one attached hydrogen (secondary N) is 1. The van der Waals surface area contributed by atoms with Crippen molar-refractivity contribution in [2.24, 2.45) is 0 Å². The molecule has 1 fully saturated rings. The summed E-state index contributed by atoms with van der Waals surface area (Å²) in [7, 11) is 0. The van der Waals surface area contributed by atoms with Crippen LogP contribution in [0, 0.1) is 6.92 Å². The van der Waals surface area contributed by atoms with E-state index in [0.29, 0.717) is 11.5 Å². The highest BCUT2D eigenvalue weighted by molar-refractivity contribution is 5.99. The number of carbonyl (C=O) groups excluding carboxylic acids is 1. The Kier molecular flexibility index (Phi) is 4.39. The SMILES string of the molecule is CC(C)=CC(=O)Nc1c(C)c(C2CC(F)(F)C2)nn1C(C)(C)C. The zero-order chi connectivity index (χ0) is 17.6. The molecule has 0 atom stereocenters. The first-order valence-corrected chi connectivity index (χ1v) is 7.84. The van der Waals surface area contributed by atoms with E-state index in [2.05, 4.69) is 10.4 Å². The number of aromatic nitrogens is 2. The van der Waals surface area contributed by atoms with E-state index in [1.807, 2.05) is 41.5 Å². The van der Waals surface area contributed by atoms with Crippen LogP contribution in [-0.2, 0) is 10.3 Å². The molecule has 0 aromatic carbocycles. The zero-order valence-corrected chi connectivity index (χ0v) is 14.6. The minimum atomic E-state index is -2.59. The van der Waals surface area contributed by atoms with E-state index in [0.717, 1.165) is 11.1 Å². The molecule has 1 N–H and O–H groups in total. The Balaban J connectivity index is 2.38. The molecule has 1 amide bonds. The zero-order valence-electron chi connectivity index (χ0n) is 14.6. The van der Waals surface area contributed by atoms with Crippen molar-refractivity contribution >= 4 is 11.7 Å². The Morgan fingerprint density at radius 1 is 1.35 bits per heavy atom. The second-order valence-electron chi connectivity index (χ2n) is 7.61. The van der Waals surface area contributed by atoms with Crippen LogP contribution in [0.15, 0.2) is 11.6 Å². The molecule has 2 rings (SSSR count). The highest BCUT2D eigenvalue weighted by Gasteiger charge is 2.48. The number of hydrogen-bond acceptors (Lipinski definition) is 2. The fourth-order valence-corrected chi connectivity index (χ4v) is 2.80. The van der Waals surface area contributed by atoms with Gasteiger partial charge in [0.05, 0.1) is 11.2 Å². The van der Waals surface area contributed by atoms with E-state index in [1.165, 1.54) is 6.08 Å². The van der Waals surface area contributed by atoms with E-state index in [4.69, 9.17) is 0 Å². The van der Waals surface area contributed by atoms with Gasteiger partial charge < -0.3 is 5.32 Å². The number of nitrogens with zero attached hydrogens (tertiary/aromatic N) is 2. The molecule has 4 nitrogen and oxygen atoms in total. The van der Waals surface area contributed by atoms with Crippen LogP contribution in [0.25, 0.3) is 0 Å². The number of hydrogen-bond donors (Lipinski definition) is 1. The van der Waals surface area contributed by atoms with Gasteiger partial charge >= 0.3 is 0 Å². The summed E-state index contributed by atoms with van der Waals surface area (Å²) in [5.74, 6) is -2.48. The average molecular weight is 325 g/mol. The van der Waals surface area contributed by atoms with Gasteiger partial charge in [-0.2, -0.15) is 5.10 Å². The number of alkyl halides is 2. The first-order chi connectivity index (χ1) is 10.4. The van der Waals surface area contributed by atoms with Gasteiger partial charge in [-0.3, -0.25) is 4.79 Å². The quantitative estimate of drug-likeness (QED) is 0.839. The molecular weight excluding hydrogens is 300 g/mol. The monoisotopic (exact) mass is 325 g/mol. The van der Waals surface area contributed by atoms with Gasteiger partial charge in [0.15, 0.2) is 0 Å². The number of anilines is 1. The van der Waals surface area contributed by atoms with Gasteiger partial charge in [0, 0.05) is 30.4 Å². The maximum Gasteiger partial charge on any atom is 0.249 e. The van der Waals surface area contributed by atoms with Gasteiger partial charge in [-0.15, -0.1) is 0 Å². The fourth-order valence-electron chi connectivity index (χ4n) is 2.80. The predicted octanol–water partition coefficient (Wildman–Crippen LogP) is 4.36. The normalized spacial score (nSPS) is 17.6. The maximum absolute atomic E-state index is 13.2. The molecule has 0 saturated heterocycles. The first kappa shape index (κ1) is 17.6. The third kappa shape index (κ3) is 3.79. The van der Waals surface area contributed by atoms with Gasteiger partial charge in [-0.1, -0.05) is 5.57 Å². The number of amides is 1. The summed E-state index contributed by atoms with van der Waals surface area (Å²) in [6.07, 6.45) is 1.17. The lowest BCUT2D eigenvalue weighted by Crippen LogP contribution is -2.34. The molecule has 23 heavy (non-hydrogen) atoms. The van der Waals surface area contributed by atoms with E-state index in [9.17, 15) is 13.6 Å². The summed E-state index contributed by atoms with van der Waals surface area (Å²) in [5.41, 5.74) is 1.97. The van der Waals surface area contributed by atoms with Crippen molar-refractivity contribution in [1.82, 2.24) is 9.78 Å². The van der Waals surface area contributed by atoms with Crippen LogP contribution in [0.2, 0.25) is 0 Å². The molecule has 1 saturated carbocycles. The third-order valence-corrected chi connectivity index (χ3v) is 3.93. The molecule has 1 heterocycles. The van der Waals surface area contributed by atoms with E-state index < -0.39 is 5.92 Å². The van der Waals surface area contributed by atoms with Crippen molar-refractivity contribution in [3.63, 3.8) is 0 Å². The second kappa shape index (κ2) is 5.73. The Bertz CT molecular complexity index is 642. The standard InChI is InChI=1S/C17H25F2N3O/c1-10(2)7-13(23)20-15-11(3)14(12-8-17(18,19)9-12)21-22(15)16(4,5)6/h7,12H,8-9H2,1-6H3,(H,20,23). The molecular formula is C17H25F2N3O. The molecule has 128 valence electrons. The van der Waals surface area contributed by atoms with Crippen LogP contribution in [0.3, 0.4) is 0 Å². The van der Waals surface area contributed by atoms with Gasteiger partial charge in [0.1, 0.15) is 5.82 Å². The molecule has 1 aliphatic rings. The van der Waals surface area contributed by atoms with E-state index in [-0.39, 0.29) is 30.2 Å². The second-order valence-corrected chi connectivity index (χ2v) is 7.61. The minimum Gasteiger partial charge on any atom is -0.307 e. The Morgan fingerprint density at radius 3 is 2.35 bits per heavy atom. The van der Waals surface area contributed by atoms with E-state index in [1.54, 1.807) is 4.68 Å². The van der Waals surface area contributed by atoms with Gasteiger partial charge in [0.25, 0.3) is 0 Å². The number of carbonyl (C=O) groups is 1. The molecule has 0 aliphatic heterocycles. The Morgan fingerprint density at radius 2 is 1.91 bits per heavy atom. The summed E-state index contributed by atoms with van der Waals surface area (Å²) in [4.78, 5) is 12.1. The molecule has 1 aliphatic carbocycles. The van der Waals surface area contributed by atoms with Crippen molar-refractivity contribution in [3.05, 3.63) is 22.9 Å². The third-order valence-electron chi connectivity index (χ3n) is 3.93. The van der Waals surface area contributed by atoms with Crippen LogP contribution in [0.5, 0.6) is 0 Å². The molecule has 1 aromatic heterocycles. The van der Waals surface area contributed by atoms with Crippen molar-refractivity contribution in [1.29, 1.82) is 0 Å². The predicted molar refractivity (Wildman–Crippen MR) is 86.9 cm³/mol. The lowest BCUT2D eigenvalue weighted by Gasteiger charge is -2.34. The summed E-state index contributed by atoms with van der Waals surface area (Å²) in [6.45, 7) is 11.4. The topological polar surface area (TPSA) is 46.9 Å².